The van der Waals surface area contributed by atoms with Crippen molar-refractivity contribution < 1.29 is 139 Å². The minimum absolute atomic E-state index is 0. The summed E-state index contributed by atoms with van der Waals surface area (Å²) in [6.07, 6.45) is -4.58. The van der Waals surface area contributed by atoms with E-state index in [1.165, 1.54) is 0 Å². The van der Waals surface area contributed by atoms with Crippen LogP contribution in [0.3, 0.4) is 0 Å². The molecule has 0 radical (unpaired) electrons. The number of nitrogens with two attached hydrogens (primary N) is 1. The standard InChI is InChI=1S/C12H25NO2.C12H22O3.2CH3NO.2K.H2N/c1-8(11(2,3)4)9(12(5,6)7)15-10(13)14;1-10(2,3)8-12(7,11(4,5)6)15-9(13)14-8;2*2-1-3;;;/h8-9H,1-7H3,(H2,13,14);8H,1-7H3;2*1H,(H2,2,3);;;1H2/q;;;;2*+1;-1/p-3/t8-,9?;8?,12-;;;;;/m10...../s1/i;;2*1D;;;. The van der Waals surface area contributed by atoms with Gasteiger partial charge < -0.3 is 47.2 Å². The van der Waals surface area contributed by atoms with E-state index in [-0.39, 0.29) is 149 Å². The summed E-state index contributed by atoms with van der Waals surface area (Å²) < 4.78 is 27.1. The van der Waals surface area contributed by atoms with E-state index in [1.807, 2.05) is 27.7 Å². The van der Waals surface area contributed by atoms with Crippen molar-refractivity contribution in [2.45, 2.75) is 115 Å². The van der Waals surface area contributed by atoms with E-state index >= 15 is 0 Å². The van der Waals surface area contributed by atoms with Crippen LogP contribution in [-0.4, -0.2) is 42.8 Å². The first kappa shape index (κ1) is 46.7. The van der Waals surface area contributed by atoms with Crippen LogP contribution in [0.25, 0.3) is 23.4 Å². The Hall–Kier alpha value is 0.713. The number of cyclic esters (lactones) is 2. The molecule has 0 saturated carbocycles. The van der Waals surface area contributed by atoms with Gasteiger partial charge in [0.05, 0.1) is 2.74 Å². The summed E-state index contributed by atoms with van der Waals surface area (Å²) in [4.78, 5) is 39.7. The van der Waals surface area contributed by atoms with Crippen molar-refractivity contribution in [3.05, 3.63) is 23.4 Å². The first-order valence-corrected chi connectivity index (χ1v) is 11.7. The van der Waals surface area contributed by atoms with Gasteiger partial charge in [-0.15, -0.1) is 0 Å². The topological polar surface area (TPSA) is 201 Å². The van der Waals surface area contributed by atoms with Gasteiger partial charge in [-0.1, -0.05) is 90.0 Å². The normalized spacial score (nSPS) is 20.4. The number of rotatable bonds is 2. The van der Waals surface area contributed by atoms with Gasteiger partial charge in [-0.2, -0.15) is 0 Å². The zero-order chi connectivity index (χ0) is 31.7. The number of ether oxygens (including phenoxy) is 3. The average molecular weight is 613 g/mol. The molecule has 1 rings (SSSR count). The Labute approximate surface area is 325 Å². The minimum Gasteiger partial charge on any atom is -0.693 e. The fraction of sp³-hybridized carbons (Fsp3) is 0.846. The fourth-order valence-corrected chi connectivity index (χ4v) is 3.61. The van der Waals surface area contributed by atoms with Crippen LogP contribution < -0.4 is 103 Å². The van der Waals surface area contributed by atoms with E-state index in [0.29, 0.717) is 0 Å². The summed E-state index contributed by atoms with van der Waals surface area (Å²) in [6, 6.07) is 0. The second kappa shape index (κ2) is 21.4. The number of amides is 3. The van der Waals surface area contributed by atoms with E-state index in [0.717, 1.165) is 0 Å². The maximum Gasteiger partial charge on any atom is 1.00 e. The molecule has 4 atom stereocenters. The van der Waals surface area contributed by atoms with Crippen LogP contribution in [0.4, 0.5) is 9.59 Å². The SMILES string of the molecule is CC(C)(C)C1OC(=O)O[C@]1(C)C(C)(C)C.C[C@H](C(OC([NH-])=O)C(C)(C)C)C(C)(C)C.[2H]C([NH-])=O.[2H]C([NH-])=O.[K+].[K+].[NH2-]. The summed E-state index contributed by atoms with van der Waals surface area (Å²) >= 11 is 0. The van der Waals surface area contributed by atoms with Gasteiger partial charge in [-0.3, -0.25) is 4.79 Å². The Morgan fingerprint density at radius 3 is 1.46 bits per heavy atom. The Bertz CT molecular complexity index is 790. The van der Waals surface area contributed by atoms with Crippen molar-refractivity contribution in [1.82, 2.24) is 0 Å². The Morgan fingerprint density at radius 2 is 1.28 bits per heavy atom. The van der Waals surface area contributed by atoms with E-state index in [4.69, 9.17) is 43.7 Å². The molecule has 0 aromatic heterocycles. The van der Waals surface area contributed by atoms with Crippen LogP contribution in [0.15, 0.2) is 0 Å². The molecule has 0 aromatic rings. The fourth-order valence-electron chi connectivity index (χ4n) is 3.61. The van der Waals surface area contributed by atoms with Crippen LogP contribution in [0.1, 0.15) is 99.7 Å². The summed E-state index contributed by atoms with van der Waals surface area (Å²) in [5.41, 5.74) is 17.2. The number of carbonyl (C=O) groups excluding carboxylic acids is 4. The van der Waals surface area contributed by atoms with Gasteiger partial charge >= 0.3 is 109 Å². The third-order valence-electron chi connectivity index (χ3n) is 6.19. The molecule has 1 heterocycles. The molecule has 0 spiro atoms. The predicted molar refractivity (Wildman–Crippen MR) is 147 cm³/mol. The van der Waals surface area contributed by atoms with Gasteiger partial charge in [0.15, 0.2) is 11.7 Å². The molecule has 1 aliphatic rings. The molecule has 1 fully saturated rings. The van der Waals surface area contributed by atoms with Crippen LogP contribution >= 0.6 is 0 Å². The maximum absolute atomic E-state index is 11.3. The molecule has 0 aromatic carbocycles. The predicted octanol–water partition coefficient (Wildman–Crippen LogP) is 2.76. The number of nitrogens with one attached hydrogen (secondary N) is 3. The molecule has 3 amide bonds. The Morgan fingerprint density at radius 1 is 0.949 bits per heavy atom. The number of carbonyl (C=O) groups is 4. The molecule has 2 unspecified atom stereocenters. The number of hydrogen-bond donors (Lipinski definition) is 0. The van der Waals surface area contributed by atoms with Gasteiger partial charge in [-0.25, -0.2) is 4.79 Å². The summed E-state index contributed by atoms with van der Waals surface area (Å²) in [6.45, 7) is 28.8. The summed E-state index contributed by atoms with van der Waals surface area (Å²) in [7, 11) is 0. The van der Waals surface area contributed by atoms with E-state index in [2.05, 4.69) is 69.2 Å². The summed E-state index contributed by atoms with van der Waals surface area (Å²) in [5, 5.41) is 0. The molecule has 1 saturated heterocycles. The van der Waals surface area contributed by atoms with Crippen LogP contribution in [0.2, 0.25) is 0 Å². The van der Waals surface area contributed by atoms with Crippen molar-refractivity contribution in [3.63, 3.8) is 0 Å². The first-order chi connectivity index (χ1) is 16.4. The van der Waals surface area contributed by atoms with Crippen molar-refractivity contribution in [3.8, 4) is 0 Å². The Balaban J connectivity index is -0.000000112. The first-order valence-electron chi connectivity index (χ1n) is 12.7. The number of hydrogen-bond acceptors (Lipinski definition) is 7. The van der Waals surface area contributed by atoms with E-state index < -0.39 is 30.6 Å². The van der Waals surface area contributed by atoms with Crippen molar-refractivity contribution in [1.29, 1.82) is 0 Å². The average Bonchev–Trinajstić information content (AvgIpc) is 2.93. The third-order valence-corrected chi connectivity index (χ3v) is 6.19. The monoisotopic (exact) mass is 612 g/mol. The van der Waals surface area contributed by atoms with E-state index in [9.17, 15) is 9.59 Å². The molecular weight excluding hydrogens is 559 g/mol. The third kappa shape index (κ3) is 20.3. The van der Waals surface area contributed by atoms with Gasteiger partial charge in [0.25, 0.3) is 0 Å². The van der Waals surface area contributed by atoms with Crippen molar-refractivity contribution >= 4 is 25.0 Å². The van der Waals surface area contributed by atoms with Gasteiger partial charge in [-0.05, 0) is 23.7 Å². The van der Waals surface area contributed by atoms with Gasteiger partial charge in [0.1, 0.15) is 6.10 Å². The van der Waals surface area contributed by atoms with Crippen LogP contribution in [-0.2, 0) is 23.8 Å². The van der Waals surface area contributed by atoms with Gasteiger partial charge in [0.2, 0.25) is 6.09 Å². The molecular formula is C26H52K2N4O7-2. The molecule has 222 valence electrons. The molecule has 0 aliphatic carbocycles. The zero-order valence-electron chi connectivity index (χ0n) is 29.2. The smallest absolute Gasteiger partial charge is 0.693 e. The minimum atomic E-state index is -1.33. The quantitative estimate of drug-likeness (QED) is 0.259. The molecule has 13 heteroatoms. The van der Waals surface area contributed by atoms with Crippen LogP contribution in [0, 0.1) is 27.6 Å². The molecule has 0 bridgehead atoms. The molecule has 1 aliphatic heterocycles. The largest absolute Gasteiger partial charge is 1.00 e. The molecule has 39 heavy (non-hydrogen) atoms. The van der Waals surface area contributed by atoms with E-state index in [1.54, 1.807) is 0 Å². The van der Waals surface area contributed by atoms with Crippen LogP contribution in [0.5, 0.6) is 0 Å². The molecule has 5 N–H and O–H groups in total. The second-order valence-electron chi connectivity index (χ2n) is 13.1. The summed E-state index contributed by atoms with van der Waals surface area (Å²) in [5.74, 6) is 0.215. The Kier molecular flexibility index (Phi) is 25.6. The zero-order valence-corrected chi connectivity index (χ0v) is 33.4. The van der Waals surface area contributed by atoms with Crippen molar-refractivity contribution in [2.24, 2.45) is 27.6 Å². The van der Waals surface area contributed by atoms with Crippen molar-refractivity contribution in [2.75, 3.05) is 0 Å². The van der Waals surface area contributed by atoms with Gasteiger partial charge in [0, 0.05) is 23.6 Å². The second-order valence-corrected chi connectivity index (χ2v) is 13.1. The maximum atomic E-state index is 11.3. The molecule has 11 nitrogen and oxygen atoms in total.